The highest BCUT2D eigenvalue weighted by atomic mass is 16.2. The zero-order chi connectivity index (χ0) is 13.6. The molecule has 4 heteroatoms. The Morgan fingerprint density at radius 3 is 2.56 bits per heavy atom. The highest BCUT2D eigenvalue weighted by molar-refractivity contribution is 5.92. The van der Waals surface area contributed by atoms with Gasteiger partial charge in [0.15, 0.2) is 0 Å². The summed E-state index contributed by atoms with van der Waals surface area (Å²) >= 11 is 0. The molecule has 0 aliphatic heterocycles. The monoisotopic (exact) mass is 249 g/mol. The van der Waals surface area contributed by atoms with Crippen LogP contribution in [0.3, 0.4) is 0 Å². The van der Waals surface area contributed by atoms with E-state index < -0.39 is 0 Å². The molecule has 0 saturated carbocycles. The Labute approximate surface area is 109 Å². The van der Waals surface area contributed by atoms with Crippen LogP contribution in [0.15, 0.2) is 18.6 Å². The molecular weight excluding hydrogens is 226 g/mol. The van der Waals surface area contributed by atoms with Crippen molar-refractivity contribution in [2.45, 2.75) is 40.5 Å². The Morgan fingerprint density at radius 2 is 2.06 bits per heavy atom. The molecule has 0 unspecified atom stereocenters. The maximum atomic E-state index is 12.3. The Bertz CT molecular complexity index is 370. The summed E-state index contributed by atoms with van der Waals surface area (Å²) < 4.78 is 0. The van der Waals surface area contributed by atoms with Crippen LogP contribution in [0.25, 0.3) is 0 Å². The van der Waals surface area contributed by atoms with Gasteiger partial charge in [0.05, 0.1) is 0 Å². The van der Waals surface area contributed by atoms with Crippen LogP contribution in [0.2, 0.25) is 0 Å². The number of nitrogens with zero attached hydrogens (tertiary/aromatic N) is 3. The summed E-state index contributed by atoms with van der Waals surface area (Å²) in [4.78, 5) is 22.0. The van der Waals surface area contributed by atoms with E-state index in [-0.39, 0.29) is 11.3 Å². The topological polar surface area (TPSA) is 46.1 Å². The lowest BCUT2D eigenvalue weighted by Gasteiger charge is -2.26. The molecule has 0 spiro atoms. The maximum Gasteiger partial charge on any atom is 0.272 e. The van der Waals surface area contributed by atoms with Gasteiger partial charge in [0.25, 0.3) is 5.91 Å². The van der Waals surface area contributed by atoms with Crippen LogP contribution in [0, 0.1) is 5.41 Å². The van der Waals surface area contributed by atoms with Gasteiger partial charge in [0.1, 0.15) is 12.0 Å². The summed E-state index contributed by atoms with van der Waals surface area (Å²) in [6.07, 6.45) is 4.97. The van der Waals surface area contributed by atoms with E-state index in [4.69, 9.17) is 0 Å². The minimum atomic E-state index is 0.00324. The molecule has 4 nitrogen and oxygen atoms in total. The quantitative estimate of drug-likeness (QED) is 0.806. The van der Waals surface area contributed by atoms with Crippen LogP contribution in [0.4, 0.5) is 0 Å². The first kappa shape index (κ1) is 14.6. The Hall–Kier alpha value is -1.45. The first-order chi connectivity index (χ1) is 8.44. The zero-order valence-electron chi connectivity index (χ0n) is 11.8. The van der Waals surface area contributed by atoms with Gasteiger partial charge in [-0.25, -0.2) is 9.97 Å². The third-order valence-electron chi connectivity index (χ3n) is 2.71. The van der Waals surface area contributed by atoms with E-state index >= 15 is 0 Å². The Balaban J connectivity index is 2.70. The third kappa shape index (κ3) is 4.82. The van der Waals surface area contributed by atoms with E-state index in [0.29, 0.717) is 5.69 Å². The lowest BCUT2D eigenvalue weighted by Crippen LogP contribution is -2.34. The molecular formula is C14H23N3O. The maximum absolute atomic E-state index is 12.3. The summed E-state index contributed by atoms with van der Waals surface area (Å²) in [5.74, 6) is 0.00324. The van der Waals surface area contributed by atoms with Gasteiger partial charge in [0.2, 0.25) is 0 Å². The molecule has 0 aromatic carbocycles. The molecule has 0 N–H and O–H groups in total. The van der Waals surface area contributed by atoms with Crippen LogP contribution in [0.5, 0.6) is 0 Å². The average Bonchev–Trinajstić information content (AvgIpc) is 2.33. The molecule has 1 heterocycles. The van der Waals surface area contributed by atoms with Crippen molar-refractivity contribution < 1.29 is 4.79 Å². The molecule has 1 aromatic rings. The van der Waals surface area contributed by atoms with E-state index in [2.05, 4.69) is 37.7 Å². The summed E-state index contributed by atoms with van der Waals surface area (Å²) in [6.45, 7) is 10.2. The van der Waals surface area contributed by atoms with Crippen LogP contribution >= 0.6 is 0 Å². The van der Waals surface area contributed by atoms with Crippen LogP contribution in [-0.2, 0) is 0 Å². The summed E-state index contributed by atoms with van der Waals surface area (Å²) in [5.41, 5.74) is 0.713. The Morgan fingerprint density at radius 1 is 1.33 bits per heavy atom. The molecule has 100 valence electrons. The van der Waals surface area contributed by atoms with E-state index in [1.165, 1.54) is 6.33 Å². The first-order valence-corrected chi connectivity index (χ1v) is 6.49. The first-order valence-electron chi connectivity index (χ1n) is 6.49. The van der Waals surface area contributed by atoms with Crippen molar-refractivity contribution in [3.8, 4) is 0 Å². The summed E-state index contributed by atoms with van der Waals surface area (Å²) in [7, 11) is 0. The van der Waals surface area contributed by atoms with Crippen LogP contribution in [0.1, 0.15) is 51.0 Å². The van der Waals surface area contributed by atoms with Gasteiger partial charge in [-0.15, -0.1) is 0 Å². The molecule has 18 heavy (non-hydrogen) atoms. The minimum absolute atomic E-state index is 0.00324. The summed E-state index contributed by atoms with van der Waals surface area (Å²) in [5, 5.41) is 0. The zero-order valence-corrected chi connectivity index (χ0v) is 11.8. The van der Waals surface area contributed by atoms with Gasteiger partial charge in [-0.3, -0.25) is 4.79 Å². The lowest BCUT2D eigenvalue weighted by atomic mass is 9.92. The second-order valence-electron chi connectivity index (χ2n) is 5.70. The number of aromatic nitrogens is 2. The lowest BCUT2D eigenvalue weighted by molar-refractivity contribution is 0.0731. The molecule has 0 bridgehead atoms. The number of rotatable bonds is 5. The minimum Gasteiger partial charge on any atom is -0.337 e. The van der Waals surface area contributed by atoms with Gasteiger partial charge in [0, 0.05) is 19.3 Å². The molecule has 0 aliphatic rings. The SMILES string of the molecule is CCCN(CCC(C)(C)C)C(=O)c1ccncn1. The number of hydrogen-bond acceptors (Lipinski definition) is 3. The summed E-state index contributed by atoms with van der Waals surface area (Å²) in [6, 6.07) is 1.67. The van der Waals surface area contributed by atoms with Gasteiger partial charge in [-0.1, -0.05) is 27.7 Å². The van der Waals surface area contributed by atoms with Crippen molar-refractivity contribution in [2.24, 2.45) is 5.41 Å². The number of hydrogen-bond donors (Lipinski definition) is 0. The predicted molar refractivity (Wildman–Crippen MR) is 72.3 cm³/mol. The van der Waals surface area contributed by atoms with E-state index in [1.807, 2.05) is 4.90 Å². The van der Waals surface area contributed by atoms with Crippen molar-refractivity contribution in [2.75, 3.05) is 13.1 Å². The third-order valence-corrected chi connectivity index (χ3v) is 2.71. The number of carbonyl (C=O) groups is 1. The molecule has 0 radical (unpaired) electrons. The van der Waals surface area contributed by atoms with E-state index in [1.54, 1.807) is 12.3 Å². The second kappa shape index (κ2) is 6.47. The fraction of sp³-hybridized carbons (Fsp3) is 0.643. The fourth-order valence-corrected chi connectivity index (χ4v) is 1.63. The fourth-order valence-electron chi connectivity index (χ4n) is 1.63. The van der Waals surface area contributed by atoms with Crippen molar-refractivity contribution in [3.63, 3.8) is 0 Å². The highest BCUT2D eigenvalue weighted by Crippen LogP contribution is 2.19. The van der Waals surface area contributed by atoms with Gasteiger partial charge < -0.3 is 4.90 Å². The van der Waals surface area contributed by atoms with Gasteiger partial charge in [-0.05, 0) is 24.3 Å². The van der Waals surface area contributed by atoms with Crippen LogP contribution in [-0.4, -0.2) is 33.9 Å². The molecule has 1 amide bonds. The molecule has 1 aromatic heterocycles. The highest BCUT2D eigenvalue weighted by Gasteiger charge is 2.19. The Kier molecular flexibility index (Phi) is 5.25. The van der Waals surface area contributed by atoms with Crippen molar-refractivity contribution in [1.82, 2.24) is 14.9 Å². The average molecular weight is 249 g/mol. The smallest absolute Gasteiger partial charge is 0.272 e. The normalized spacial score (nSPS) is 11.3. The molecule has 0 fully saturated rings. The number of carbonyl (C=O) groups excluding carboxylic acids is 1. The van der Waals surface area contributed by atoms with Crippen LogP contribution < -0.4 is 0 Å². The van der Waals surface area contributed by atoms with Gasteiger partial charge >= 0.3 is 0 Å². The van der Waals surface area contributed by atoms with E-state index in [9.17, 15) is 4.79 Å². The molecule has 0 atom stereocenters. The predicted octanol–water partition coefficient (Wildman–Crippen LogP) is 2.77. The van der Waals surface area contributed by atoms with Crippen molar-refractivity contribution >= 4 is 5.91 Å². The van der Waals surface area contributed by atoms with Crippen molar-refractivity contribution in [1.29, 1.82) is 0 Å². The molecule has 0 aliphatic carbocycles. The number of amides is 1. The van der Waals surface area contributed by atoms with E-state index in [0.717, 1.165) is 25.9 Å². The largest absolute Gasteiger partial charge is 0.337 e. The second-order valence-corrected chi connectivity index (χ2v) is 5.70. The molecule has 0 saturated heterocycles. The standard InChI is InChI=1S/C14H23N3O/c1-5-9-17(10-7-14(2,3)4)13(18)12-6-8-15-11-16-12/h6,8,11H,5,7,9-10H2,1-4H3. The van der Waals surface area contributed by atoms with Crippen molar-refractivity contribution in [3.05, 3.63) is 24.3 Å². The molecule has 1 rings (SSSR count). The van der Waals surface area contributed by atoms with Gasteiger partial charge in [-0.2, -0.15) is 0 Å².